The zero-order valence-electron chi connectivity index (χ0n) is 11.9. The topological polar surface area (TPSA) is 47.0 Å². The maximum Gasteiger partial charge on any atom is 0.168 e. The highest BCUT2D eigenvalue weighted by molar-refractivity contribution is 9.10. The van der Waals surface area contributed by atoms with Crippen molar-refractivity contribution in [2.45, 2.75) is 26.3 Å². The number of hydrogen-bond acceptors (Lipinski definition) is 4. The van der Waals surface area contributed by atoms with Crippen LogP contribution in [-0.2, 0) is 6.54 Å². The molecule has 2 rings (SSSR count). The summed E-state index contributed by atoms with van der Waals surface area (Å²) in [5, 5.41) is 3.11. The summed E-state index contributed by atoms with van der Waals surface area (Å²) < 4.78 is 6.82. The van der Waals surface area contributed by atoms with Crippen LogP contribution in [0.1, 0.15) is 31.3 Å². The highest BCUT2D eigenvalue weighted by atomic mass is 79.9. The minimum atomic E-state index is 0.295. The van der Waals surface area contributed by atoms with Crippen molar-refractivity contribution < 1.29 is 4.74 Å². The first kappa shape index (κ1) is 14.9. The largest absolute Gasteiger partial charge is 0.453 e. The highest BCUT2D eigenvalue weighted by Crippen LogP contribution is 2.30. The molecule has 0 bridgehead atoms. The second-order valence-corrected chi connectivity index (χ2v) is 5.61. The lowest BCUT2D eigenvalue weighted by Crippen LogP contribution is -2.11. The minimum Gasteiger partial charge on any atom is -0.453 e. The van der Waals surface area contributed by atoms with Crippen molar-refractivity contribution in [3.05, 3.63) is 46.5 Å². The van der Waals surface area contributed by atoms with Crippen molar-refractivity contribution in [1.29, 1.82) is 0 Å². The predicted molar refractivity (Wildman–Crippen MR) is 83.1 cm³/mol. The molecule has 0 unspecified atom stereocenters. The normalized spacial score (nSPS) is 10.8. The fraction of sp³-hybridized carbons (Fsp3) is 0.333. The molecule has 1 aromatic carbocycles. The van der Waals surface area contributed by atoms with E-state index < -0.39 is 0 Å². The Labute approximate surface area is 127 Å². The van der Waals surface area contributed by atoms with E-state index in [0.717, 1.165) is 21.7 Å². The SMILES string of the molecule is CNCc1nc(C(C)C)ncc1Oc1ccccc1Br. The second-order valence-electron chi connectivity index (χ2n) is 4.76. The summed E-state index contributed by atoms with van der Waals surface area (Å²) in [4.78, 5) is 8.94. The Morgan fingerprint density at radius 2 is 2.00 bits per heavy atom. The standard InChI is InChI=1S/C15H18BrN3O/c1-10(2)15-18-9-14(12(19-15)8-17-3)20-13-7-5-4-6-11(13)16/h4-7,9-10,17H,8H2,1-3H3. The van der Waals surface area contributed by atoms with Gasteiger partial charge < -0.3 is 10.1 Å². The van der Waals surface area contributed by atoms with Gasteiger partial charge in [0.15, 0.2) is 5.75 Å². The van der Waals surface area contributed by atoms with Crippen molar-refractivity contribution in [3.63, 3.8) is 0 Å². The molecule has 4 nitrogen and oxygen atoms in total. The van der Waals surface area contributed by atoms with Crippen LogP contribution < -0.4 is 10.1 Å². The summed E-state index contributed by atoms with van der Waals surface area (Å²) in [6.45, 7) is 4.79. The van der Waals surface area contributed by atoms with Crippen molar-refractivity contribution in [3.8, 4) is 11.5 Å². The maximum atomic E-state index is 5.92. The van der Waals surface area contributed by atoms with Crippen LogP contribution in [0.25, 0.3) is 0 Å². The lowest BCUT2D eigenvalue weighted by molar-refractivity contribution is 0.462. The molecule has 0 saturated heterocycles. The number of hydrogen-bond donors (Lipinski definition) is 1. The van der Waals surface area contributed by atoms with Crippen LogP contribution in [0.3, 0.4) is 0 Å². The average molecular weight is 336 g/mol. The Morgan fingerprint density at radius 1 is 1.25 bits per heavy atom. The summed E-state index contributed by atoms with van der Waals surface area (Å²) in [6, 6.07) is 7.73. The number of nitrogens with zero attached hydrogens (tertiary/aromatic N) is 2. The summed E-state index contributed by atoms with van der Waals surface area (Å²) in [5.41, 5.74) is 0.863. The second kappa shape index (κ2) is 6.81. The molecule has 0 aliphatic rings. The zero-order chi connectivity index (χ0) is 14.5. The van der Waals surface area contributed by atoms with Gasteiger partial charge in [0.25, 0.3) is 0 Å². The van der Waals surface area contributed by atoms with Gasteiger partial charge in [-0.1, -0.05) is 26.0 Å². The van der Waals surface area contributed by atoms with E-state index in [4.69, 9.17) is 4.74 Å². The van der Waals surface area contributed by atoms with Crippen LogP contribution >= 0.6 is 15.9 Å². The molecule has 0 saturated carbocycles. The fourth-order valence-corrected chi connectivity index (χ4v) is 2.09. The number of ether oxygens (including phenoxy) is 1. The molecule has 1 aromatic heterocycles. The lowest BCUT2D eigenvalue weighted by Gasteiger charge is -2.13. The molecule has 20 heavy (non-hydrogen) atoms. The third-order valence-corrected chi connectivity index (χ3v) is 3.42. The number of para-hydroxylation sites is 1. The summed E-state index contributed by atoms with van der Waals surface area (Å²) >= 11 is 3.47. The van der Waals surface area contributed by atoms with E-state index >= 15 is 0 Å². The Hall–Kier alpha value is -1.46. The molecular formula is C15H18BrN3O. The fourth-order valence-electron chi connectivity index (χ4n) is 1.72. The molecule has 0 aliphatic carbocycles. The predicted octanol–water partition coefficient (Wildman–Crippen LogP) is 3.87. The summed E-state index contributed by atoms with van der Waals surface area (Å²) in [7, 11) is 1.89. The van der Waals surface area contributed by atoms with Crippen LogP contribution in [0.4, 0.5) is 0 Å². The van der Waals surface area contributed by atoms with Crippen LogP contribution in [-0.4, -0.2) is 17.0 Å². The van der Waals surface area contributed by atoms with Crippen molar-refractivity contribution in [1.82, 2.24) is 15.3 Å². The van der Waals surface area contributed by atoms with Gasteiger partial charge in [0.05, 0.1) is 10.7 Å². The maximum absolute atomic E-state index is 5.92. The van der Waals surface area contributed by atoms with Gasteiger partial charge in [-0.3, -0.25) is 0 Å². The third kappa shape index (κ3) is 3.55. The van der Waals surface area contributed by atoms with Crippen LogP contribution in [0, 0.1) is 0 Å². The highest BCUT2D eigenvalue weighted by Gasteiger charge is 2.12. The van der Waals surface area contributed by atoms with E-state index in [-0.39, 0.29) is 0 Å². The molecule has 0 aliphatic heterocycles. The number of rotatable bonds is 5. The van der Waals surface area contributed by atoms with Crippen LogP contribution in [0.2, 0.25) is 0 Å². The quantitative estimate of drug-likeness (QED) is 0.900. The lowest BCUT2D eigenvalue weighted by atomic mass is 10.2. The first-order valence-electron chi connectivity index (χ1n) is 6.54. The number of halogens is 1. The molecule has 5 heteroatoms. The van der Waals surface area contributed by atoms with Crippen molar-refractivity contribution >= 4 is 15.9 Å². The minimum absolute atomic E-state index is 0.295. The molecule has 0 spiro atoms. The third-order valence-electron chi connectivity index (χ3n) is 2.77. The van der Waals surface area contributed by atoms with E-state index in [1.807, 2.05) is 31.3 Å². The van der Waals surface area contributed by atoms with E-state index in [1.165, 1.54) is 0 Å². The molecule has 2 aromatic rings. The van der Waals surface area contributed by atoms with E-state index in [9.17, 15) is 0 Å². The average Bonchev–Trinajstić information content (AvgIpc) is 2.43. The van der Waals surface area contributed by atoms with Gasteiger partial charge in [-0.05, 0) is 35.1 Å². The molecule has 0 atom stereocenters. The summed E-state index contributed by atoms with van der Waals surface area (Å²) in [5.74, 6) is 2.55. The van der Waals surface area contributed by atoms with E-state index in [1.54, 1.807) is 6.20 Å². The molecule has 106 valence electrons. The van der Waals surface area contributed by atoms with Gasteiger partial charge in [-0.25, -0.2) is 9.97 Å². The molecular weight excluding hydrogens is 318 g/mol. The Morgan fingerprint density at radius 3 is 2.65 bits per heavy atom. The molecule has 0 fully saturated rings. The summed E-state index contributed by atoms with van der Waals surface area (Å²) in [6.07, 6.45) is 1.74. The van der Waals surface area contributed by atoms with Gasteiger partial charge in [0.1, 0.15) is 17.3 Å². The first-order chi connectivity index (χ1) is 9.61. The monoisotopic (exact) mass is 335 g/mol. The molecule has 0 radical (unpaired) electrons. The number of nitrogens with one attached hydrogen (secondary N) is 1. The van der Waals surface area contributed by atoms with Crippen molar-refractivity contribution in [2.75, 3.05) is 7.05 Å². The van der Waals surface area contributed by atoms with Crippen molar-refractivity contribution in [2.24, 2.45) is 0 Å². The van der Waals surface area contributed by atoms with Crippen LogP contribution in [0.15, 0.2) is 34.9 Å². The van der Waals surface area contributed by atoms with Crippen LogP contribution in [0.5, 0.6) is 11.5 Å². The van der Waals surface area contributed by atoms with Gasteiger partial charge in [-0.2, -0.15) is 0 Å². The zero-order valence-corrected chi connectivity index (χ0v) is 13.4. The van der Waals surface area contributed by atoms with Gasteiger partial charge in [-0.15, -0.1) is 0 Å². The first-order valence-corrected chi connectivity index (χ1v) is 7.34. The molecule has 0 amide bonds. The van der Waals surface area contributed by atoms with Gasteiger partial charge >= 0.3 is 0 Å². The Kier molecular flexibility index (Phi) is 5.09. The molecule has 1 N–H and O–H groups in total. The number of aromatic nitrogens is 2. The number of benzene rings is 1. The van der Waals surface area contributed by atoms with E-state index in [2.05, 4.69) is 45.1 Å². The van der Waals surface area contributed by atoms with Gasteiger partial charge in [0.2, 0.25) is 0 Å². The van der Waals surface area contributed by atoms with E-state index in [0.29, 0.717) is 18.2 Å². The molecule has 1 heterocycles. The smallest absolute Gasteiger partial charge is 0.168 e. The Bertz CT molecular complexity index is 587. The Balaban J connectivity index is 2.33. The van der Waals surface area contributed by atoms with Gasteiger partial charge in [0, 0.05) is 12.5 Å².